The van der Waals surface area contributed by atoms with E-state index in [1.807, 2.05) is 36.4 Å². The monoisotopic (exact) mass is 204 g/mol. The predicted molar refractivity (Wildman–Crippen MR) is 60.8 cm³/mol. The van der Waals surface area contributed by atoms with E-state index in [9.17, 15) is 4.79 Å². The molecule has 0 saturated carbocycles. The van der Waals surface area contributed by atoms with Crippen molar-refractivity contribution >= 4 is 5.78 Å². The number of aliphatic hydroxyl groups excluding tert-OH is 1. The van der Waals surface area contributed by atoms with Crippen LogP contribution in [0.3, 0.4) is 0 Å². The van der Waals surface area contributed by atoms with Crippen LogP contribution in [0, 0.1) is 0 Å². The average Bonchev–Trinajstić information content (AvgIpc) is 2.30. The van der Waals surface area contributed by atoms with Crippen molar-refractivity contribution in [2.45, 2.75) is 19.3 Å². The number of Topliss-reactive ketones (excluding diaryl/α,β-unsaturated/α-hetero) is 1. The van der Waals surface area contributed by atoms with Gasteiger partial charge in [0.2, 0.25) is 0 Å². The number of unbranched alkanes of at least 4 members (excludes halogenated alkanes) is 1. The highest BCUT2D eigenvalue weighted by Gasteiger charge is 2.02. The molecule has 1 N–H and O–H groups in total. The Balaban J connectivity index is 2.28. The van der Waals surface area contributed by atoms with Gasteiger partial charge in [-0.3, -0.25) is 4.79 Å². The third-order valence-electron chi connectivity index (χ3n) is 2.14. The Morgan fingerprint density at radius 3 is 2.60 bits per heavy atom. The van der Waals surface area contributed by atoms with Gasteiger partial charge < -0.3 is 5.11 Å². The van der Waals surface area contributed by atoms with Gasteiger partial charge in [0.1, 0.15) is 0 Å². The lowest BCUT2D eigenvalue weighted by Crippen LogP contribution is -1.97. The van der Waals surface area contributed by atoms with Gasteiger partial charge in [-0.25, -0.2) is 0 Å². The van der Waals surface area contributed by atoms with Gasteiger partial charge in [-0.2, -0.15) is 0 Å². The molecule has 0 saturated heterocycles. The van der Waals surface area contributed by atoms with Crippen LogP contribution < -0.4 is 0 Å². The van der Waals surface area contributed by atoms with Crippen molar-refractivity contribution in [3.8, 4) is 0 Å². The number of rotatable bonds is 6. The molecule has 1 rings (SSSR count). The molecule has 0 atom stereocenters. The molecule has 15 heavy (non-hydrogen) atoms. The molecule has 0 bridgehead atoms. The van der Waals surface area contributed by atoms with E-state index in [0.29, 0.717) is 6.42 Å². The first-order valence-corrected chi connectivity index (χ1v) is 5.18. The molecule has 0 spiro atoms. The van der Waals surface area contributed by atoms with Crippen LogP contribution in [0.15, 0.2) is 42.5 Å². The maximum atomic E-state index is 11.6. The van der Waals surface area contributed by atoms with E-state index in [2.05, 4.69) is 0 Å². The summed E-state index contributed by atoms with van der Waals surface area (Å²) >= 11 is 0. The Labute approximate surface area is 90.3 Å². The van der Waals surface area contributed by atoms with E-state index in [-0.39, 0.29) is 12.4 Å². The van der Waals surface area contributed by atoms with Crippen LogP contribution in [0.25, 0.3) is 0 Å². The normalized spacial score (nSPS) is 10.7. The van der Waals surface area contributed by atoms with Gasteiger partial charge in [-0.15, -0.1) is 0 Å². The minimum atomic E-state index is 0.0760. The topological polar surface area (TPSA) is 37.3 Å². The summed E-state index contributed by atoms with van der Waals surface area (Å²) in [7, 11) is 0. The Bertz CT molecular complexity index is 315. The highest BCUT2D eigenvalue weighted by atomic mass is 16.2. The number of benzene rings is 1. The van der Waals surface area contributed by atoms with E-state index in [1.165, 1.54) is 0 Å². The fourth-order valence-electron chi connectivity index (χ4n) is 1.34. The number of carbonyl (C=O) groups excluding carboxylic acids is 1. The summed E-state index contributed by atoms with van der Waals surface area (Å²) in [5.74, 6) is 0.188. The van der Waals surface area contributed by atoms with E-state index in [1.54, 1.807) is 6.08 Å². The molecule has 2 heteroatoms. The molecule has 0 amide bonds. The molecule has 0 radical (unpaired) electrons. The van der Waals surface area contributed by atoms with Crippen molar-refractivity contribution in [1.82, 2.24) is 0 Å². The maximum Gasteiger partial charge on any atom is 0.162 e. The molecule has 0 fully saturated rings. The first-order chi connectivity index (χ1) is 7.34. The Morgan fingerprint density at radius 2 is 1.93 bits per heavy atom. The van der Waals surface area contributed by atoms with Crippen molar-refractivity contribution in [3.05, 3.63) is 48.0 Å². The number of aliphatic hydroxyl groups is 1. The zero-order valence-corrected chi connectivity index (χ0v) is 8.73. The van der Waals surface area contributed by atoms with Gasteiger partial charge in [-0.05, 0) is 12.8 Å². The van der Waals surface area contributed by atoms with Gasteiger partial charge in [0.15, 0.2) is 5.78 Å². The largest absolute Gasteiger partial charge is 0.392 e. The molecule has 2 nitrogen and oxygen atoms in total. The lowest BCUT2D eigenvalue weighted by molar-refractivity contribution is 0.0980. The van der Waals surface area contributed by atoms with Crippen LogP contribution in [-0.4, -0.2) is 17.5 Å². The summed E-state index contributed by atoms with van der Waals surface area (Å²) in [5, 5.41) is 8.50. The summed E-state index contributed by atoms with van der Waals surface area (Å²) in [6.07, 6.45) is 5.86. The predicted octanol–water partition coefficient (Wildman–Crippen LogP) is 2.59. The zero-order valence-electron chi connectivity index (χ0n) is 8.73. The highest BCUT2D eigenvalue weighted by molar-refractivity contribution is 5.95. The highest BCUT2D eigenvalue weighted by Crippen LogP contribution is 2.06. The fourth-order valence-corrected chi connectivity index (χ4v) is 1.34. The molecule has 1 aromatic carbocycles. The molecule has 80 valence electrons. The van der Waals surface area contributed by atoms with Crippen molar-refractivity contribution < 1.29 is 9.90 Å². The standard InChI is InChI=1S/C13H16O2/c14-11-7-2-1-6-10-13(15)12-8-4-3-5-9-12/h2-5,7-9,14H,1,6,10-11H2/b7-2+. The first-order valence-electron chi connectivity index (χ1n) is 5.18. The molecular weight excluding hydrogens is 188 g/mol. The number of carbonyl (C=O) groups is 1. The van der Waals surface area contributed by atoms with Crippen LogP contribution in [0.1, 0.15) is 29.6 Å². The average molecular weight is 204 g/mol. The van der Waals surface area contributed by atoms with Crippen LogP contribution in [0.5, 0.6) is 0 Å². The third-order valence-corrected chi connectivity index (χ3v) is 2.14. The summed E-state index contributed by atoms with van der Waals surface area (Å²) in [5.41, 5.74) is 0.781. The SMILES string of the molecule is O=C(CCC/C=C/CO)c1ccccc1. The minimum Gasteiger partial charge on any atom is -0.392 e. The molecule has 1 aromatic rings. The van der Waals surface area contributed by atoms with Crippen molar-refractivity contribution in [2.75, 3.05) is 6.61 Å². The fraction of sp³-hybridized carbons (Fsp3) is 0.308. The van der Waals surface area contributed by atoms with E-state index < -0.39 is 0 Å². The smallest absolute Gasteiger partial charge is 0.162 e. The van der Waals surface area contributed by atoms with Crippen molar-refractivity contribution in [2.24, 2.45) is 0 Å². The van der Waals surface area contributed by atoms with E-state index >= 15 is 0 Å². The molecule has 0 aliphatic rings. The lowest BCUT2D eigenvalue weighted by Gasteiger charge is -1.98. The second-order valence-corrected chi connectivity index (χ2v) is 3.34. The van der Waals surface area contributed by atoms with Crippen molar-refractivity contribution in [3.63, 3.8) is 0 Å². The molecule has 0 aliphatic heterocycles. The van der Waals surface area contributed by atoms with Crippen LogP contribution in [0.4, 0.5) is 0 Å². The molecule has 0 aliphatic carbocycles. The summed E-state index contributed by atoms with van der Waals surface area (Å²) in [6.45, 7) is 0.0760. The van der Waals surface area contributed by atoms with E-state index in [4.69, 9.17) is 5.11 Å². The Kier molecular flexibility index (Phi) is 5.41. The summed E-state index contributed by atoms with van der Waals surface area (Å²) < 4.78 is 0. The van der Waals surface area contributed by atoms with Gasteiger partial charge in [0.25, 0.3) is 0 Å². The number of ketones is 1. The molecule has 0 unspecified atom stereocenters. The Morgan fingerprint density at radius 1 is 1.20 bits per heavy atom. The lowest BCUT2D eigenvalue weighted by atomic mass is 10.1. The number of allylic oxidation sites excluding steroid dienone is 1. The summed E-state index contributed by atoms with van der Waals surface area (Å²) in [6, 6.07) is 9.33. The van der Waals surface area contributed by atoms with Crippen LogP contribution >= 0.6 is 0 Å². The maximum absolute atomic E-state index is 11.6. The van der Waals surface area contributed by atoms with E-state index in [0.717, 1.165) is 18.4 Å². The second kappa shape index (κ2) is 6.96. The summed E-state index contributed by atoms with van der Waals surface area (Å²) in [4.78, 5) is 11.6. The zero-order chi connectivity index (χ0) is 10.9. The Hall–Kier alpha value is -1.41. The van der Waals surface area contributed by atoms with Crippen molar-refractivity contribution in [1.29, 1.82) is 0 Å². The second-order valence-electron chi connectivity index (χ2n) is 3.34. The van der Waals surface area contributed by atoms with Crippen LogP contribution in [-0.2, 0) is 0 Å². The van der Waals surface area contributed by atoms with Gasteiger partial charge in [0.05, 0.1) is 6.61 Å². The first kappa shape index (κ1) is 11.7. The van der Waals surface area contributed by atoms with Crippen LogP contribution in [0.2, 0.25) is 0 Å². The van der Waals surface area contributed by atoms with Gasteiger partial charge in [0, 0.05) is 12.0 Å². The number of hydrogen-bond acceptors (Lipinski definition) is 2. The van der Waals surface area contributed by atoms with Gasteiger partial charge in [-0.1, -0.05) is 42.5 Å². The van der Waals surface area contributed by atoms with Gasteiger partial charge >= 0.3 is 0 Å². The quantitative estimate of drug-likeness (QED) is 0.439. The minimum absolute atomic E-state index is 0.0760. The molecular formula is C13H16O2. The number of hydrogen-bond donors (Lipinski definition) is 1. The molecule has 0 heterocycles. The molecule has 0 aromatic heterocycles. The third kappa shape index (κ3) is 4.56.